The monoisotopic (exact) mass is 162 g/mol. The third-order valence-electron chi connectivity index (χ3n) is 3.77. The fourth-order valence-electron chi connectivity index (χ4n) is 3.15. The SMILES string of the molecule is O=C1CC[C@H]2C(C3=CCCC3)[C@@H]12. The number of rotatable bonds is 1. The molecular formula is C11H14O. The maximum Gasteiger partial charge on any atom is 0.136 e. The molecule has 64 valence electrons. The van der Waals surface area contributed by atoms with Crippen molar-refractivity contribution in [2.24, 2.45) is 17.8 Å². The molecule has 0 radical (unpaired) electrons. The first-order valence-corrected chi connectivity index (χ1v) is 5.09. The maximum atomic E-state index is 11.4. The first-order valence-electron chi connectivity index (χ1n) is 5.09. The van der Waals surface area contributed by atoms with Crippen molar-refractivity contribution in [2.75, 3.05) is 0 Å². The second-order valence-electron chi connectivity index (χ2n) is 4.39. The van der Waals surface area contributed by atoms with Crippen molar-refractivity contribution in [3.63, 3.8) is 0 Å². The highest BCUT2D eigenvalue weighted by Gasteiger charge is 2.58. The molecule has 3 aliphatic carbocycles. The normalized spacial score (nSPS) is 44.5. The minimum Gasteiger partial charge on any atom is -0.299 e. The Labute approximate surface area is 72.8 Å². The Hall–Kier alpha value is -0.590. The van der Waals surface area contributed by atoms with E-state index in [2.05, 4.69) is 6.08 Å². The summed E-state index contributed by atoms with van der Waals surface area (Å²) < 4.78 is 0. The van der Waals surface area contributed by atoms with Crippen LogP contribution in [-0.4, -0.2) is 5.78 Å². The summed E-state index contributed by atoms with van der Waals surface area (Å²) in [7, 11) is 0. The quantitative estimate of drug-likeness (QED) is 0.541. The smallest absolute Gasteiger partial charge is 0.136 e. The molecule has 12 heavy (non-hydrogen) atoms. The summed E-state index contributed by atoms with van der Waals surface area (Å²) in [6.45, 7) is 0. The van der Waals surface area contributed by atoms with E-state index < -0.39 is 0 Å². The van der Waals surface area contributed by atoms with Gasteiger partial charge in [0.25, 0.3) is 0 Å². The Morgan fingerprint density at radius 2 is 2.17 bits per heavy atom. The molecule has 0 bridgehead atoms. The molecule has 2 fully saturated rings. The van der Waals surface area contributed by atoms with Gasteiger partial charge in [-0.05, 0) is 37.5 Å². The number of carbonyl (C=O) groups excluding carboxylic acids is 1. The number of fused-ring (bicyclic) bond motifs is 1. The standard InChI is InChI=1S/C11H14O/c12-9-6-5-8-10(11(8)9)7-3-1-2-4-7/h3,8,10-11H,1-2,4-6H2/t8-,10?,11+/m0/s1. The third kappa shape index (κ3) is 0.769. The molecule has 1 nitrogen and oxygen atoms in total. The average molecular weight is 162 g/mol. The van der Waals surface area contributed by atoms with Gasteiger partial charge in [0.15, 0.2) is 0 Å². The van der Waals surface area contributed by atoms with Gasteiger partial charge in [-0.15, -0.1) is 0 Å². The van der Waals surface area contributed by atoms with E-state index in [-0.39, 0.29) is 0 Å². The van der Waals surface area contributed by atoms with Crippen LogP contribution in [0.4, 0.5) is 0 Å². The zero-order valence-electron chi connectivity index (χ0n) is 7.25. The van der Waals surface area contributed by atoms with Crippen LogP contribution >= 0.6 is 0 Å². The van der Waals surface area contributed by atoms with Crippen LogP contribution in [0.5, 0.6) is 0 Å². The van der Waals surface area contributed by atoms with Gasteiger partial charge in [-0.2, -0.15) is 0 Å². The van der Waals surface area contributed by atoms with Crippen LogP contribution < -0.4 is 0 Å². The van der Waals surface area contributed by atoms with Crippen LogP contribution in [0.2, 0.25) is 0 Å². The van der Waals surface area contributed by atoms with E-state index in [1.54, 1.807) is 5.57 Å². The van der Waals surface area contributed by atoms with Gasteiger partial charge in [0, 0.05) is 12.3 Å². The summed E-state index contributed by atoms with van der Waals surface area (Å²) in [5.74, 6) is 2.53. The Morgan fingerprint density at radius 3 is 2.75 bits per heavy atom. The minimum absolute atomic E-state index is 0.481. The largest absolute Gasteiger partial charge is 0.299 e. The topological polar surface area (TPSA) is 17.1 Å². The highest BCUT2D eigenvalue weighted by Crippen LogP contribution is 2.60. The minimum atomic E-state index is 0.481. The molecule has 0 aromatic carbocycles. The molecule has 1 unspecified atom stereocenters. The summed E-state index contributed by atoms with van der Waals surface area (Å²) >= 11 is 0. The van der Waals surface area contributed by atoms with Crippen molar-refractivity contribution in [3.8, 4) is 0 Å². The molecule has 3 aliphatic rings. The number of ketones is 1. The highest BCUT2D eigenvalue weighted by molar-refractivity contribution is 5.87. The van der Waals surface area contributed by atoms with Crippen molar-refractivity contribution in [1.82, 2.24) is 0 Å². The van der Waals surface area contributed by atoms with Crippen molar-refractivity contribution >= 4 is 5.78 Å². The lowest BCUT2D eigenvalue weighted by molar-refractivity contribution is -0.119. The number of carbonyl (C=O) groups is 1. The molecule has 3 rings (SSSR count). The summed E-state index contributed by atoms with van der Waals surface area (Å²) in [5, 5.41) is 0. The van der Waals surface area contributed by atoms with Crippen LogP contribution in [-0.2, 0) is 4.79 Å². The summed E-state index contributed by atoms with van der Waals surface area (Å²) in [6.07, 6.45) is 8.32. The second-order valence-corrected chi connectivity index (χ2v) is 4.39. The van der Waals surface area contributed by atoms with E-state index in [0.717, 1.165) is 12.3 Å². The fraction of sp³-hybridized carbons (Fsp3) is 0.727. The van der Waals surface area contributed by atoms with Gasteiger partial charge in [-0.1, -0.05) is 11.6 Å². The molecule has 1 heteroatoms. The van der Waals surface area contributed by atoms with Gasteiger partial charge >= 0.3 is 0 Å². The van der Waals surface area contributed by atoms with E-state index in [4.69, 9.17) is 0 Å². The van der Waals surface area contributed by atoms with Crippen LogP contribution in [0, 0.1) is 17.8 Å². The molecule has 2 saturated carbocycles. The lowest BCUT2D eigenvalue weighted by Gasteiger charge is -2.02. The van der Waals surface area contributed by atoms with Crippen LogP contribution in [0.3, 0.4) is 0 Å². The van der Waals surface area contributed by atoms with Gasteiger partial charge in [0.05, 0.1) is 0 Å². The first kappa shape index (κ1) is 6.88. The predicted molar refractivity (Wildman–Crippen MR) is 46.6 cm³/mol. The number of hydrogen-bond acceptors (Lipinski definition) is 1. The molecule has 0 heterocycles. The first-order chi connectivity index (χ1) is 5.88. The molecule has 0 N–H and O–H groups in total. The lowest BCUT2D eigenvalue weighted by Crippen LogP contribution is -2.00. The number of Topliss-reactive ketones (excluding diaryl/α,β-unsaturated/α-hetero) is 1. The van der Waals surface area contributed by atoms with E-state index in [9.17, 15) is 4.79 Å². The van der Waals surface area contributed by atoms with Crippen LogP contribution in [0.25, 0.3) is 0 Å². The highest BCUT2D eigenvalue weighted by atomic mass is 16.1. The average Bonchev–Trinajstić information content (AvgIpc) is 2.53. The molecule has 0 amide bonds. The van der Waals surface area contributed by atoms with Gasteiger partial charge in [-0.25, -0.2) is 0 Å². The van der Waals surface area contributed by atoms with E-state index >= 15 is 0 Å². The van der Waals surface area contributed by atoms with Crippen molar-refractivity contribution in [2.45, 2.75) is 32.1 Å². The van der Waals surface area contributed by atoms with Gasteiger partial charge in [0.1, 0.15) is 5.78 Å². The molecule has 0 aromatic heterocycles. The van der Waals surface area contributed by atoms with Gasteiger partial charge in [-0.3, -0.25) is 4.79 Å². The predicted octanol–water partition coefficient (Wildman–Crippen LogP) is 2.32. The second kappa shape index (κ2) is 2.21. The molecule has 0 aliphatic heterocycles. The van der Waals surface area contributed by atoms with Crippen molar-refractivity contribution in [3.05, 3.63) is 11.6 Å². The fourth-order valence-corrected chi connectivity index (χ4v) is 3.15. The summed E-state index contributed by atoms with van der Waals surface area (Å²) in [4.78, 5) is 11.4. The third-order valence-corrected chi connectivity index (χ3v) is 3.77. The van der Waals surface area contributed by atoms with Crippen LogP contribution in [0.1, 0.15) is 32.1 Å². The zero-order chi connectivity index (χ0) is 8.13. The Kier molecular flexibility index (Phi) is 1.27. The van der Waals surface area contributed by atoms with E-state index in [0.29, 0.717) is 17.6 Å². The summed E-state index contributed by atoms with van der Waals surface area (Å²) in [5.41, 5.74) is 1.62. The molecular weight excluding hydrogens is 148 g/mol. The summed E-state index contributed by atoms with van der Waals surface area (Å²) in [6, 6.07) is 0. The molecule has 3 atom stereocenters. The van der Waals surface area contributed by atoms with Crippen molar-refractivity contribution < 1.29 is 4.79 Å². The number of allylic oxidation sites excluding steroid dienone is 2. The van der Waals surface area contributed by atoms with Gasteiger partial charge in [0.2, 0.25) is 0 Å². The Balaban J connectivity index is 1.78. The lowest BCUT2D eigenvalue weighted by atomic mass is 10.0. The Bertz CT molecular complexity index is 264. The molecule has 0 saturated heterocycles. The van der Waals surface area contributed by atoms with E-state index in [1.807, 2.05) is 0 Å². The molecule has 0 aromatic rings. The van der Waals surface area contributed by atoms with Crippen LogP contribution in [0.15, 0.2) is 11.6 Å². The van der Waals surface area contributed by atoms with E-state index in [1.165, 1.54) is 25.7 Å². The maximum absolute atomic E-state index is 11.4. The molecule has 0 spiro atoms. The van der Waals surface area contributed by atoms with Crippen molar-refractivity contribution in [1.29, 1.82) is 0 Å². The number of hydrogen-bond donors (Lipinski definition) is 0. The zero-order valence-corrected chi connectivity index (χ0v) is 7.25. The van der Waals surface area contributed by atoms with Gasteiger partial charge < -0.3 is 0 Å². The Morgan fingerprint density at radius 1 is 1.25 bits per heavy atom.